The van der Waals surface area contributed by atoms with Crippen LogP contribution in [0.4, 0.5) is 4.39 Å². The van der Waals surface area contributed by atoms with Gasteiger partial charge < -0.3 is 4.90 Å². The molecule has 0 aliphatic carbocycles. The largest absolute Gasteiger partial charge is 0.342 e. The van der Waals surface area contributed by atoms with E-state index in [9.17, 15) is 14.0 Å². The highest BCUT2D eigenvalue weighted by atomic mass is 19.1. The van der Waals surface area contributed by atoms with E-state index in [0.717, 1.165) is 11.3 Å². The van der Waals surface area contributed by atoms with Crippen molar-refractivity contribution in [2.24, 2.45) is 5.92 Å². The number of pyridine rings is 1. The average Bonchev–Trinajstić information content (AvgIpc) is 2.64. The smallest absolute Gasteiger partial charge is 0.227 e. The molecule has 1 saturated heterocycles. The highest BCUT2D eigenvalue weighted by Gasteiger charge is 2.27. The summed E-state index contributed by atoms with van der Waals surface area (Å²) in [6.07, 6.45) is 3.37. The molecule has 3 rings (SSSR count). The average molecular weight is 340 g/mol. The van der Waals surface area contributed by atoms with E-state index < -0.39 is 0 Å². The van der Waals surface area contributed by atoms with Gasteiger partial charge in [-0.05, 0) is 55.7 Å². The number of aromatic nitrogens is 1. The Kier molecular flexibility index (Phi) is 5.22. The van der Waals surface area contributed by atoms with Crippen LogP contribution in [0.2, 0.25) is 0 Å². The Balaban J connectivity index is 1.54. The Hall–Kier alpha value is -2.56. The molecule has 0 unspecified atom stereocenters. The third-order valence-electron chi connectivity index (χ3n) is 4.68. The first-order valence-electron chi connectivity index (χ1n) is 8.52. The van der Waals surface area contributed by atoms with E-state index in [1.807, 2.05) is 24.0 Å². The molecule has 1 aliphatic rings. The summed E-state index contributed by atoms with van der Waals surface area (Å²) in [4.78, 5) is 30.9. The van der Waals surface area contributed by atoms with Gasteiger partial charge in [0.2, 0.25) is 5.91 Å². The van der Waals surface area contributed by atoms with Gasteiger partial charge in [0.25, 0.3) is 0 Å². The second-order valence-electron chi connectivity index (χ2n) is 6.51. The zero-order chi connectivity index (χ0) is 17.8. The monoisotopic (exact) mass is 340 g/mol. The van der Waals surface area contributed by atoms with Crippen molar-refractivity contribution in [2.75, 3.05) is 13.1 Å². The first kappa shape index (κ1) is 17.3. The van der Waals surface area contributed by atoms with Crippen LogP contribution in [0.15, 0.2) is 42.6 Å². The SMILES string of the molecule is Cc1ccc(CC(=O)N2CCC(C(=O)c3ccc(F)cc3)CC2)cn1. The Bertz CT molecular complexity index is 748. The number of carbonyl (C=O) groups is 2. The number of rotatable bonds is 4. The maximum atomic E-state index is 13.0. The van der Waals surface area contributed by atoms with Gasteiger partial charge in [-0.3, -0.25) is 14.6 Å². The van der Waals surface area contributed by atoms with Crippen LogP contribution in [0.1, 0.15) is 34.5 Å². The van der Waals surface area contributed by atoms with Gasteiger partial charge in [-0.2, -0.15) is 0 Å². The number of nitrogens with zero attached hydrogens (tertiary/aromatic N) is 2. The Morgan fingerprint density at radius 1 is 1.12 bits per heavy atom. The second-order valence-corrected chi connectivity index (χ2v) is 6.51. The van der Waals surface area contributed by atoms with Crippen molar-refractivity contribution in [3.63, 3.8) is 0 Å². The van der Waals surface area contributed by atoms with Crippen LogP contribution in [0.25, 0.3) is 0 Å². The summed E-state index contributed by atoms with van der Waals surface area (Å²) in [5, 5.41) is 0. The van der Waals surface area contributed by atoms with Crippen LogP contribution in [0.5, 0.6) is 0 Å². The maximum Gasteiger partial charge on any atom is 0.227 e. The first-order valence-corrected chi connectivity index (χ1v) is 8.52. The van der Waals surface area contributed by atoms with Crippen LogP contribution in [-0.2, 0) is 11.2 Å². The van der Waals surface area contributed by atoms with Crippen LogP contribution < -0.4 is 0 Å². The molecule has 0 saturated carbocycles. The molecule has 1 amide bonds. The molecule has 1 aromatic heterocycles. The summed E-state index contributed by atoms with van der Waals surface area (Å²) < 4.78 is 13.0. The molecule has 25 heavy (non-hydrogen) atoms. The van der Waals surface area contributed by atoms with Crippen molar-refractivity contribution in [3.8, 4) is 0 Å². The lowest BCUT2D eigenvalue weighted by atomic mass is 9.88. The molecular formula is C20H21FN2O2. The van der Waals surface area contributed by atoms with Crippen molar-refractivity contribution < 1.29 is 14.0 Å². The number of aryl methyl sites for hydroxylation is 1. The van der Waals surface area contributed by atoms with Gasteiger partial charge in [-0.25, -0.2) is 4.39 Å². The number of piperidine rings is 1. The number of carbonyl (C=O) groups excluding carboxylic acids is 2. The molecule has 5 heteroatoms. The topological polar surface area (TPSA) is 50.3 Å². The third-order valence-corrected chi connectivity index (χ3v) is 4.68. The molecule has 1 fully saturated rings. The van der Waals surface area contributed by atoms with E-state index in [1.165, 1.54) is 24.3 Å². The Morgan fingerprint density at radius 2 is 1.80 bits per heavy atom. The fourth-order valence-electron chi connectivity index (χ4n) is 3.13. The maximum absolute atomic E-state index is 13.0. The molecule has 2 aromatic rings. The molecule has 2 heterocycles. The van der Waals surface area contributed by atoms with Gasteiger partial charge in [0.1, 0.15) is 5.82 Å². The minimum atomic E-state index is -0.345. The quantitative estimate of drug-likeness (QED) is 0.803. The van der Waals surface area contributed by atoms with E-state index in [1.54, 1.807) is 6.20 Å². The van der Waals surface area contributed by atoms with E-state index in [0.29, 0.717) is 37.9 Å². The van der Waals surface area contributed by atoms with Gasteiger partial charge in [0.05, 0.1) is 6.42 Å². The number of hydrogen-bond donors (Lipinski definition) is 0. The highest BCUT2D eigenvalue weighted by molar-refractivity contribution is 5.98. The first-order chi connectivity index (χ1) is 12.0. The minimum absolute atomic E-state index is 0.0369. The van der Waals surface area contributed by atoms with Crippen molar-refractivity contribution in [1.82, 2.24) is 9.88 Å². The van der Waals surface area contributed by atoms with E-state index in [2.05, 4.69) is 4.98 Å². The lowest BCUT2D eigenvalue weighted by molar-refractivity contribution is -0.131. The van der Waals surface area contributed by atoms with E-state index in [4.69, 9.17) is 0 Å². The lowest BCUT2D eigenvalue weighted by Crippen LogP contribution is -2.41. The van der Waals surface area contributed by atoms with E-state index in [-0.39, 0.29) is 23.4 Å². The van der Waals surface area contributed by atoms with E-state index >= 15 is 0 Å². The fraction of sp³-hybridized carbons (Fsp3) is 0.350. The van der Waals surface area contributed by atoms with Gasteiger partial charge in [0.15, 0.2) is 5.78 Å². The van der Waals surface area contributed by atoms with Crippen molar-refractivity contribution in [3.05, 3.63) is 65.2 Å². The van der Waals surface area contributed by atoms with Crippen molar-refractivity contribution in [2.45, 2.75) is 26.2 Å². The Labute approximate surface area is 146 Å². The summed E-state index contributed by atoms with van der Waals surface area (Å²) in [6, 6.07) is 9.49. The summed E-state index contributed by atoms with van der Waals surface area (Å²) in [6.45, 7) is 3.07. The van der Waals surface area contributed by atoms with Crippen LogP contribution >= 0.6 is 0 Å². The van der Waals surface area contributed by atoms with Crippen LogP contribution in [0, 0.1) is 18.7 Å². The summed E-state index contributed by atoms with van der Waals surface area (Å²) in [7, 11) is 0. The minimum Gasteiger partial charge on any atom is -0.342 e. The molecule has 0 radical (unpaired) electrons. The molecule has 1 aromatic carbocycles. The molecule has 130 valence electrons. The van der Waals surface area contributed by atoms with Crippen LogP contribution in [0.3, 0.4) is 0 Å². The summed E-state index contributed by atoms with van der Waals surface area (Å²) >= 11 is 0. The predicted molar refractivity (Wildman–Crippen MR) is 92.7 cm³/mol. The summed E-state index contributed by atoms with van der Waals surface area (Å²) in [5.41, 5.74) is 2.37. The highest BCUT2D eigenvalue weighted by Crippen LogP contribution is 2.22. The van der Waals surface area contributed by atoms with Crippen molar-refractivity contribution >= 4 is 11.7 Å². The summed E-state index contributed by atoms with van der Waals surface area (Å²) in [5.74, 6) is -0.341. The van der Waals surface area contributed by atoms with Crippen molar-refractivity contribution in [1.29, 1.82) is 0 Å². The molecule has 0 N–H and O–H groups in total. The number of likely N-dealkylation sites (tertiary alicyclic amines) is 1. The number of halogens is 1. The number of Topliss-reactive ketones (excluding diaryl/α,β-unsaturated/α-hetero) is 1. The fourth-order valence-corrected chi connectivity index (χ4v) is 3.13. The molecule has 4 nitrogen and oxygen atoms in total. The predicted octanol–water partition coefficient (Wildman–Crippen LogP) is 3.19. The molecule has 0 atom stereocenters. The number of benzene rings is 1. The molecule has 0 spiro atoms. The zero-order valence-electron chi connectivity index (χ0n) is 14.2. The lowest BCUT2D eigenvalue weighted by Gasteiger charge is -2.31. The normalized spacial score (nSPS) is 15.2. The van der Waals surface area contributed by atoms with Gasteiger partial charge in [0, 0.05) is 36.5 Å². The number of hydrogen-bond acceptors (Lipinski definition) is 3. The molecule has 1 aliphatic heterocycles. The molecular weight excluding hydrogens is 319 g/mol. The second kappa shape index (κ2) is 7.55. The van der Waals surface area contributed by atoms with Gasteiger partial charge in [-0.15, -0.1) is 0 Å². The Morgan fingerprint density at radius 3 is 2.40 bits per heavy atom. The van der Waals surface area contributed by atoms with Crippen LogP contribution in [-0.4, -0.2) is 34.7 Å². The van der Waals surface area contributed by atoms with Gasteiger partial charge >= 0.3 is 0 Å². The number of amides is 1. The molecule has 0 bridgehead atoms. The zero-order valence-corrected chi connectivity index (χ0v) is 14.2. The third kappa shape index (κ3) is 4.29. The number of ketones is 1. The standard InChI is InChI=1S/C20H21FN2O2/c1-14-2-3-15(13-22-14)12-19(24)23-10-8-17(9-11-23)20(25)16-4-6-18(21)7-5-16/h2-7,13,17H,8-12H2,1H3. The van der Waals surface area contributed by atoms with Gasteiger partial charge in [-0.1, -0.05) is 6.07 Å².